The monoisotopic (exact) mass is 263 g/mol. The molecule has 0 aliphatic rings. The first kappa shape index (κ1) is 16.4. The Morgan fingerprint density at radius 3 is 2.29 bits per heavy atom. The Labute approximate surface area is 105 Å². The van der Waals surface area contributed by atoms with Crippen molar-refractivity contribution in [2.75, 3.05) is 27.4 Å². The molecule has 0 aromatic rings. The van der Waals surface area contributed by atoms with Crippen LogP contribution >= 0.6 is 0 Å². The van der Waals surface area contributed by atoms with Crippen molar-refractivity contribution in [1.82, 2.24) is 5.32 Å². The van der Waals surface area contributed by atoms with Crippen LogP contribution in [0.15, 0.2) is 0 Å². The minimum absolute atomic E-state index is 0.343. The summed E-state index contributed by atoms with van der Waals surface area (Å²) >= 11 is 0. The molecule has 0 fully saturated rings. The van der Waals surface area contributed by atoms with E-state index >= 15 is 0 Å². The lowest BCUT2D eigenvalue weighted by Crippen LogP contribution is -2.39. The number of carbonyl (C=O) groups excluding carboxylic acids is 1. The predicted molar refractivity (Wildman–Crippen MR) is 69.3 cm³/mol. The number of carbonyl (C=O) groups is 1. The Kier molecular flexibility index (Phi) is 9.11. The molecule has 0 unspecified atom stereocenters. The van der Waals surface area contributed by atoms with Crippen molar-refractivity contribution in [2.45, 2.75) is 38.8 Å². The van der Waals surface area contributed by atoms with Gasteiger partial charge >= 0.3 is 14.7 Å². The van der Waals surface area contributed by atoms with Crippen LogP contribution in [-0.2, 0) is 13.6 Å². The highest BCUT2D eigenvalue weighted by Crippen LogP contribution is 2.19. The summed E-state index contributed by atoms with van der Waals surface area (Å²) in [6.07, 6.45) is 1.57. The number of alkyl carbamates (subject to hydrolysis) is 1. The fourth-order valence-corrected chi connectivity index (χ4v) is 3.94. The molecule has 0 aliphatic heterocycles. The number of rotatable bonds is 9. The fourth-order valence-electron chi connectivity index (χ4n) is 1.64. The van der Waals surface area contributed by atoms with Gasteiger partial charge in [0.05, 0.1) is 6.61 Å². The Morgan fingerprint density at radius 1 is 1.18 bits per heavy atom. The SMILES string of the molecule is CCOC(=O)NCCCC[Si](CC)(OC)OC. The summed E-state index contributed by atoms with van der Waals surface area (Å²) in [6, 6.07) is 1.91. The lowest BCUT2D eigenvalue weighted by molar-refractivity contribution is 0.152. The molecule has 102 valence electrons. The number of hydrogen-bond acceptors (Lipinski definition) is 4. The Hall–Kier alpha value is -0.593. The van der Waals surface area contributed by atoms with Gasteiger partial charge in [-0.15, -0.1) is 0 Å². The van der Waals surface area contributed by atoms with Gasteiger partial charge in [-0.2, -0.15) is 0 Å². The largest absolute Gasteiger partial charge is 0.450 e. The van der Waals surface area contributed by atoms with Crippen LogP contribution in [0.1, 0.15) is 26.7 Å². The second-order valence-corrected chi connectivity index (χ2v) is 7.62. The van der Waals surface area contributed by atoms with Crippen LogP contribution in [0.5, 0.6) is 0 Å². The van der Waals surface area contributed by atoms with E-state index in [0.29, 0.717) is 13.2 Å². The summed E-state index contributed by atoms with van der Waals surface area (Å²) in [5, 5.41) is 2.70. The van der Waals surface area contributed by atoms with Gasteiger partial charge in [-0.05, 0) is 31.9 Å². The zero-order valence-corrected chi connectivity index (χ0v) is 12.4. The van der Waals surface area contributed by atoms with E-state index in [9.17, 15) is 4.79 Å². The van der Waals surface area contributed by atoms with Crippen molar-refractivity contribution in [3.05, 3.63) is 0 Å². The van der Waals surface area contributed by atoms with Gasteiger partial charge in [0.2, 0.25) is 0 Å². The number of hydrogen-bond donors (Lipinski definition) is 1. The van der Waals surface area contributed by atoms with Crippen molar-refractivity contribution in [3.63, 3.8) is 0 Å². The molecule has 5 nitrogen and oxygen atoms in total. The summed E-state index contributed by atoms with van der Waals surface area (Å²) in [5.41, 5.74) is 0. The van der Waals surface area contributed by atoms with Crippen molar-refractivity contribution in [3.8, 4) is 0 Å². The maximum atomic E-state index is 11.0. The minimum Gasteiger partial charge on any atom is -0.450 e. The van der Waals surface area contributed by atoms with Gasteiger partial charge in [0.15, 0.2) is 0 Å². The van der Waals surface area contributed by atoms with Crippen LogP contribution in [-0.4, -0.2) is 42.0 Å². The van der Waals surface area contributed by atoms with E-state index in [1.54, 1.807) is 21.1 Å². The summed E-state index contributed by atoms with van der Waals surface area (Å²) < 4.78 is 15.8. The molecule has 0 radical (unpaired) electrons. The lowest BCUT2D eigenvalue weighted by atomic mass is 10.3. The molecule has 0 rings (SSSR count). The average Bonchev–Trinajstić information content (AvgIpc) is 2.35. The maximum absolute atomic E-state index is 11.0. The van der Waals surface area contributed by atoms with Gasteiger partial charge in [0, 0.05) is 20.8 Å². The molecule has 6 heteroatoms. The molecule has 0 aliphatic carbocycles. The van der Waals surface area contributed by atoms with Crippen LogP contribution in [0.4, 0.5) is 4.79 Å². The summed E-state index contributed by atoms with van der Waals surface area (Å²) in [4.78, 5) is 11.0. The minimum atomic E-state index is -1.95. The van der Waals surface area contributed by atoms with Gasteiger partial charge in [0.25, 0.3) is 0 Å². The van der Waals surface area contributed by atoms with Crippen LogP contribution in [0.3, 0.4) is 0 Å². The first-order valence-corrected chi connectivity index (χ1v) is 8.38. The molecule has 0 bridgehead atoms. The second kappa shape index (κ2) is 9.44. The van der Waals surface area contributed by atoms with E-state index in [1.807, 2.05) is 0 Å². The molecular formula is C11H25NO4Si. The van der Waals surface area contributed by atoms with Crippen LogP contribution in [0, 0.1) is 0 Å². The zero-order valence-electron chi connectivity index (χ0n) is 11.4. The van der Waals surface area contributed by atoms with Crippen LogP contribution < -0.4 is 5.32 Å². The van der Waals surface area contributed by atoms with E-state index in [2.05, 4.69) is 12.2 Å². The molecular weight excluding hydrogens is 238 g/mol. The number of nitrogens with one attached hydrogen (secondary N) is 1. The van der Waals surface area contributed by atoms with Gasteiger partial charge in [-0.25, -0.2) is 4.79 Å². The maximum Gasteiger partial charge on any atom is 0.407 e. The van der Waals surface area contributed by atoms with Crippen molar-refractivity contribution in [1.29, 1.82) is 0 Å². The average molecular weight is 263 g/mol. The third kappa shape index (κ3) is 6.65. The van der Waals surface area contributed by atoms with Gasteiger partial charge < -0.3 is 18.9 Å². The molecule has 0 saturated heterocycles. The van der Waals surface area contributed by atoms with Crippen molar-refractivity contribution < 1.29 is 18.4 Å². The summed E-state index contributed by atoms with van der Waals surface area (Å²) in [6.45, 7) is 4.93. The van der Waals surface area contributed by atoms with E-state index < -0.39 is 8.56 Å². The summed E-state index contributed by atoms with van der Waals surface area (Å²) in [7, 11) is 1.48. The van der Waals surface area contributed by atoms with E-state index in [4.69, 9.17) is 13.6 Å². The molecule has 1 N–H and O–H groups in total. The first-order chi connectivity index (χ1) is 8.14. The standard InChI is InChI=1S/C11H25NO4Si/c1-5-16-11(13)12-9-7-8-10-17(6-2,14-3)15-4/h5-10H2,1-4H3,(H,12,13). The first-order valence-electron chi connectivity index (χ1n) is 6.15. The highest BCUT2D eigenvalue weighted by molar-refractivity contribution is 6.67. The Bertz CT molecular complexity index is 201. The molecule has 0 aromatic heterocycles. The predicted octanol–water partition coefficient (Wildman–Crippen LogP) is 2.27. The lowest BCUT2D eigenvalue weighted by Gasteiger charge is -2.25. The smallest absolute Gasteiger partial charge is 0.407 e. The number of ether oxygens (including phenoxy) is 1. The van der Waals surface area contributed by atoms with E-state index in [1.165, 1.54) is 0 Å². The molecule has 0 saturated carbocycles. The highest BCUT2D eigenvalue weighted by atomic mass is 28.4. The normalized spacial score (nSPS) is 11.3. The van der Waals surface area contributed by atoms with E-state index in [-0.39, 0.29) is 6.09 Å². The van der Waals surface area contributed by atoms with Crippen molar-refractivity contribution in [2.24, 2.45) is 0 Å². The molecule has 1 amide bonds. The number of amides is 1. The topological polar surface area (TPSA) is 56.8 Å². The quantitative estimate of drug-likeness (QED) is 0.512. The summed E-state index contributed by atoms with van der Waals surface area (Å²) in [5.74, 6) is 0. The van der Waals surface area contributed by atoms with Gasteiger partial charge in [-0.1, -0.05) is 6.92 Å². The number of unbranched alkanes of at least 4 members (excludes halogenated alkanes) is 1. The molecule has 17 heavy (non-hydrogen) atoms. The van der Waals surface area contributed by atoms with Gasteiger partial charge in [0.1, 0.15) is 0 Å². The zero-order chi connectivity index (χ0) is 13.1. The van der Waals surface area contributed by atoms with Crippen LogP contribution in [0.25, 0.3) is 0 Å². The Balaban J connectivity index is 3.65. The molecule has 0 heterocycles. The fraction of sp³-hybridized carbons (Fsp3) is 0.909. The second-order valence-electron chi connectivity index (χ2n) is 3.78. The Morgan fingerprint density at radius 2 is 1.82 bits per heavy atom. The highest BCUT2D eigenvalue weighted by Gasteiger charge is 2.32. The van der Waals surface area contributed by atoms with Crippen LogP contribution in [0.2, 0.25) is 12.1 Å². The molecule has 0 spiro atoms. The van der Waals surface area contributed by atoms with E-state index in [0.717, 1.165) is 24.9 Å². The van der Waals surface area contributed by atoms with Gasteiger partial charge in [-0.3, -0.25) is 0 Å². The third-order valence-electron chi connectivity index (χ3n) is 2.81. The molecule has 0 atom stereocenters. The molecule has 0 aromatic carbocycles. The third-order valence-corrected chi connectivity index (χ3v) is 6.49. The van der Waals surface area contributed by atoms with Crippen molar-refractivity contribution >= 4 is 14.7 Å².